The van der Waals surface area contributed by atoms with E-state index in [-0.39, 0.29) is 58.5 Å². The van der Waals surface area contributed by atoms with Gasteiger partial charge in [0.05, 0.1) is 29.2 Å². The molecular weight excluding hydrogens is 472 g/mol. The Morgan fingerprint density at radius 1 is 1.03 bits per heavy atom. The molecule has 0 amide bonds. The number of carbonyl (C=O) groups excluding carboxylic acids is 2. The number of aromatic hydroxyl groups is 1. The highest BCUT2D eigenvalue weighted by Crippen LogP contribution is 2.33. The molecule has 2 rings (SSSR count). The van der Waals surface area contributed by atoms with E-state index < -0.39 is 21.2 Å². The number of Topliss-reactive ketones (excluding diaryl/α,β-unsaturated/α-hetero) is 2. The molecule has 190 valence electrons. The molecule has 0 saturated heterocycles. The normalized spacial score (nSPS) is 11.8. The Morgan fingerprint density at radius 3 is 2.20 bits per heavy atom. The van der Waals surface area contributed by atoms with Crippen LogP contribution in [0.3, 0.4) is 0 Å². The van der Waals surface area contributed by atoms with Crippen LogP contribution in [0.1, 0.15) is 73.2 Å². The predicted molar refractivity (Wildman–Crippen MR) is 131 cm³/mol. The van der Waals surface area contributed by atoms with Crippen LogP contribution in [-0.4, -0.2) is 48.5 Å². The molecule has 0 aromatic heterocycles. The molecule has 0 heterocycles. The highest BCUT2D eigenvalue weighted by atomic mass is 32.2. The van der Waals surface area contributed by atoms with Crippen molar-refractivity contribution in [3.8, 4) is 11.5 Å². The maximum atomic E-state index is 12.7. The van der Waals surface area contributed by atoms with Gasteiger partial charge < -0.3 is 14.9 Å². The van der Waals surface area contributed by atoms with Gasteiger partial charge in [-0.15, -0.1) is 0 Å². The van der Waals surface area contributed by atoms with E-state index in [1.54, 1.807) is 6.07 Å². The minimum atomic E-state index is -3.64. The molecule has 2 aromatic carbocycles. The lowest BCUT2D eigenvalue weighted by Gasteiger charge is -2.20. The number of benzene rings is 2. The minimum Gasteiger partial charge on any atom is -0.507 e. The molecule has 0 fully saturated rings. The molecule has 0 unspecified atom stereocenters. The van der Waals surface area contributed by atoms with Crippen molar-refractivity contribution in [3.05, 3.63) is 53.1 Å². The zero-order chi connectivity index (χ0) is 26.4. The van der Waals surface area contributed by atoms with Crippen LogP contribution in [0.25, 0.3) is 0 Å². The minimum absolute atomic E-state index is 0.0558. The molecule has 0 spiro atoms. The molecule has 0 saturated carbocycles. The number of ether oxygens (including phenoxy) is 1. The second kappa shape index (κ2) is 11.5. The van der Waals surface area contributed by atoms with Gasteiger partial charge in [-0.05, 0) is 44.0 Å². The fourth-order valence-corrected chi connectivity index (χ4v) is 5.02. The Hall–Kier alpha value is -3.20. The maximum Gasteiger partial charge on any atom is 0.304 e. The molecule has 0 bridgehead atoms. The summed E-state index contributed by atoms with van der Waals surface area (Å²) < 4.78 is 31.2. The number of carboxylic acid groups (broad SMARTS) is 1. The fourth-order valence-electron chi connectivity index (χ4n) is 3.74. The number of hydrogen-bond donors (Lipinski definition) is 2. The predicted octanol–water partition coefficient (Wildman–Crippen LogP) is 4.47. The van der Waals surface area contributed by atoms with Gasteiger partial charge in [-0.2, -0.15) is 0 Å². The van der Waals surface area contributed by atoms with Crippen LogP contribution >= 0.6 is 0 Å². The first-order valence-electron chi connectivity index (χ1n) is 11.4. The van der Waals surface area contributed by atoms with Crippen molar-refractivity contribution in [2.75, 3.05) is 12.4 Å². The number of rotatable bonds is 13. The first kappa shape index (κ1) is 28.0. The van der Waals surface area contributed by atoms with Crippen LogP contribution in [0.15, 0.2) is 41.3 Å². The molecule has 35 heavy (non-hydrogen) atoms. The molecule has 8 nitrogen and oxygen atoms in total. The summed E-state index contributed by atoms with van der Waals surface area (Å²) in [6.07, 6.45) is 1.09. The molecule has 2 N–H and O–H groups in total. The number of aliphatic carboxylic acids is 1. The van der Waals surface area contributed by atoms with Crippen molar-refractivity contribution in [2.45, 2.75) is 58.3 Å². The third-order valence-corrected chi connectivity index (χ3v) is 7.43. The van der Waals surface area contributed by atoms with E-state index in [1.165, 1.54) is 51.1 Å². The summed E-state index contributed by atoms with van der Waals surface area (Å²) in [5, 5.41) is 19.4. The smallest absolute Gasteiger partial charge is 0.304 e. The second-order valence-corrected chi connectivity index (χ2v) is 11.2. The largest absolute Gasteiger partial charge is 0.507 e. The summed E-state index contributed by atoms with van der Waals surface area (Å²) >= 11 is 0. The van der Waals surface area contributed by atoms with E-state index in [1.807, 2.05) is 6.92 Å². The average Bonchev–Trinajstić information content (AvgIpc) is 2.77. The first-order chi connectivity index (χ1) is 16.3. The molecule has 0 aliphatic heterocycles. The maximum absolute atomic E-state index is 12.7. The zero-order valence-corrected chi connectivity index (χ0v) is 21.3. The average molecular weight is 505 g/mol. The summed E-state index contributed by atoms with van der Waals surface area (Å²) in [5.41, 5.74) is -0.126. The topological polar surface area (TPSA) is 135 Å². The van der Waals surface area contributed by atoms with Crippen molar-refractivity contribution < 1.29 is 37.8 Å². The van der Waals surface area contributed by atoms with E-state index in [0.29, 0.717) is 17.7 Å². The zero-order valence-electron chi connectivity index (χ0n) is 20.5. The number of sulfone groups is 1. The second-order valence-electron chi connectivity index (χ2n) is 9.07. The Labute approximate surface area is 205 Å². The van der Waals surface area contributed by atoms with Crippen LogP contribution in [0, 0.1) is 5.41 Å². The van der Waals surface area contributed by atoms with Crippen LogP contribution < -0.4 is 4.74 Å². The van der Waals surface area contributed by atoms with Crippen molar-refractivity contribution in [1.29, 1.82) is 0 Å². The monoisotopic (exact) mass is 504 g/mol. The van der Waals surface area contributed by atoms with E-state index in [4.69, 9.17) is 9.84 Å². The molecule has 0 aliphatic carbocycles. The number of phenolic OH excluding ortho intramolecular Hbond substituents is 1. The van der Waals surface area contributed by atoms with Crippen molar-refractivity contribution in [1.82, 2.24) is 0 Å². The van der Waals surface area contributed by atoms with Gasteiger partial charge in [-0.25, -0.2) is 8.42 Å². The molecule has 0 atom stereocenters. The van der Waals surface area contributed by atoms with Crippen LogP contribution in [-0.2, 0) is 21.1 Å². The number of ketones is 2. The third-order valence-electron chi connectivity index (χ3n) is 5.62. The Bertz CT molecular complexity index is 1190. The van der Waals surface area contributed by atoms with Crippen LogP contribution in [0.2, 0.25) is 0 Å². The first-order valence-corrected chi connectivity index (χ1v) is 13.0. The lowest BCUT2D eigenvalue weighted by atomic mass is 9.81. The van der Waals surface area contributed by atoms with E-state index in [9.17, 15) is 27.9 Å². The summed E-state index contributed by atoms with van der Waals surface area (Å²) in [7, 11) is -3.64. The van der Waals surface area contributed by atoms with Gasteiger partial charge in [-0.1, -0.05) is 39.3 Å². The summed E-state index contributed by atoms with van der Waals surface area (Å²) in [5.74, 6) is -1.60. The molecule has 0 radical (unpaired) electrons. The summed E-state index contributed by atoms with van der Waals surface area (Å²) in [6, 6.07) is 8.58. The van der Waals surface area contributed by atoms with Gasteiger partial charge in [0.1, 0.15) is 11.5 Å². The van der Waals surface area contributed by atoms with Crippen molar-refractivity contribution in [3.63, 3.8) is 0 Å². The SMILES string of the molecule is CCCc1c(OCCCS(=O)(=O)c2ccc(C(=O)C(C)(C)CC(=O)O)cc2)ccc(C(C)=O)c1O. The fraction of sp³-hybridized carbons (Fsp3) is 0.423. The highest BCUT2D eigenvalue weighted by Gasteiger charge is 2.31. The number of carbonyl (C=O) groups is 3. The van der Waals surface area contributed by atoms with Crippen molar-refractivity contribution in [2.24, 2.45) is 5.41 Å². The van der Waals surface area contributed by atoms with Gasteiger partial charge in [0, 0.05) is 16.5 Å². The number of carboxylic acids is 1. The lowest BCUT2D eigenvalue weighted by molar-refractivity contribution is -0.138. The van der Waals surface area contributed by atoms with E-state index in [2.05, 4.69) is 0 Å². The summed E-state index contributed by atoms with van der Waals surface area (Å²) in [4.78, 5) is 35.3. The molecule has 9 heteroatoms. The van der Waals surface area contributed by atoms with E-state index in [0.717, 1.165) is 6.42 Å². The Balaban J connectivity index is 2.04. The molecule has 0 aliphatic rings. The summed E-state index contributed by atoms with van der Waals surface area (Å²) in [6.45, 7) is 6.47. The van der Waals surface area contributed by atoms with Gasteiger partial charge in [-0.3, -0.25) is 14.4 Å². The van der Waals surface area contributed by atoms with Crippen LogP contribution in [0.4, 0.5) is 0 Å². The van der Waals surface area contributed by atoms with Crippen molar-refractivity contribution >= 4 is 27.4 Å². The number of phenols is 1. The molecular formula is C26H32O8S. The Kier molecular flexibility index (Phi) is 9.20. The Morgan fingerprint density at radius 2 is 1.66 bits per heavy atom. The highest BCUT2D eigenvalue weighted by molar-refractivity contribution is 7.91. The standard InChI is InChI=1S/C26H32O8S/c1-5-7-21-22(13-12-20(17(2)27)24(21)30)34-14-6-15-35(32,33)19-10-8-18(9-11-19)25(31)26(3,4)16-23(28)29/h8-13,30H,5-7,14-16H2,1-4H3,(H,28,29). The van der Waals surface area contributed by atoms with Gasteiger partial charge in [0.25, 0.3) is 0 Å². The van der Waals surface area contributed by atoms with Gasteiger partial charge >= 0.3 is 5.97 Å². The van der Waals surface area contributed by atoms with E-state index >= 15 is 0 Å². The lowest BCUT2D eigenvalue weighted by Crippen LogP contribution is -2.27. The third kappa shape index (κ3) is 7.14. The van der Waals surface area contributed by atoms with Gasteiger partial charge in [0.15, 0.2) is 21.4 Å². The van der Waals surface area contributed by atoms with Crippen LogP contribution in [0.5, 0.6) is 11.5 Å². The van der Waals surface area contributed by atoms with Gasteiger partial charge in [0.2, 0.25) is 0 Å². The molecule has 2 aromatic rings. The quantitative estimate of drug-likeness (QED) is 0.301. The number of hydrogen-bond acceptors (Lipinski definition) is 7.